The number of hydrazine groups is 1. The van der Waals surface area contributed by atoms with Crippen molar-refractivity contribution in [1.82, 2.24) is 10.9 Å². The summed E-state index contributed by atoms with van der Waals surface area (Å²) >= 11 is 0. The fourth-order valence-electron chi connectivity index (χ4n) is 1.89. The van der Waals surface area contributed by atoms with Crippen molar-refractivity contribution in [3.63, 3.8) is 0 Å². The van der Waals surface area contributed by atoms with Gasteiger partial charge in [0.05, 0.1) is 5.56 Å². The van der Waals surface area contributed by atoms with Crippen molar-refractivity contribution >= 4 is 23.4 Å². The molecule has 3 amide bonds. The minimum atomic E-state index is -1.15. The Hall–Kier alpha value is -3.29. The van der Waals surface area contributed by atoms with E-state index in [1.807, 2.05) is 17.8 Å². The molecule has 6 nitrogen and oxygen atoms in total. The van der Waals surface area contributed by atoms with E-state index in [4.69, 9.17) is 0 Å². The highest BCUT2D eigenvalue weighted by Gasteiger charge is 2.18. The molecule has 2 rings (SSSR count). The Kier molecular flexibility index (Phi) is 5.43. The number of halogens is 2. The first-order chi connectivity index (χ1) is 11.8. The Morgan fingerprint density at radius 3 is 2.12 bits per heavy atom. The highest BCUT2D eigenvalue weighted by molar-refractivity contribution is 6.39. The lowest BCUT2D eigenvalue weighted by Crippen LogP contribution is -2.46. The Labute approximate surface area is 142 Å². The molecule has 0 heterocycles. The van der Waals surface area contributed by atoms with Gasteiger partial charge in [0, 0.05) is 11.8 Å². The predicted molar refractivity (Wildman–Crippen MR) is 86.5 cm³/mol. The molecule has 0 saturated heterocycles. The van der Waals surface area contributed by atoms with Crippen LogP contribution in [0.5, 0.6) is 0 Å². The Bertz CT molecular complexity index is 836. The largest absolute Gasteiger partial charge is 0.328 e. The van der Waals surface area contributed by atoms with Gasteiger partial charge in [-0.05, 0) is 37.6 Å². The number of carbonyl (C=O) groups excluding carboxylic acids is 3. The van der Waals surface area contributed by atoms with E-state index in [0.717, 1.165) is 11.6 Å². The SMILES string of the molecule is Cc1ccc(NC(=O)C(=O)NNC(=O)c2cc(C)c(F)cc2F)cc1. The standard InChI is InChI=1S/C17H15F2N3O3/c1-9-3-5-11(6-4-9)20-16(24)17(25)22-21-15(23)12-7-10(2)13(18)8-14(12)19/h3-8H,1-2H3,(H,20,24)(H,21,23)(H,22,25). The fraction of sp³-hybridized carbons (Fsp3) is 0.118. The summed E-state index contributed by atoms with van der Waals surface area (Å²) in [7, 11) is 0. The van der Waals surface area contributed by atoms with Crippen molar-refractivity contribution in [2.45, 2.75) is 13.8 Å². The first-order valence-corrected chi connectivity index (χ1v) is 7.22. The molecule has 8 heteroatoms. The van der Waals surface area contributed by atoms with Crippen molar-refractivity contribution in [3.05, 3.63) is 64.7 Å². The third-order valence-corrected chi connectivity index (χ3v) is 3.30. The minimum absolute atomic E-state index is 0.0648. The number of amides is 3. The number of benzene rings is 2. The molecule has 0 unspecified atom stereocenters. The van der Waals surface area contributed by atoms with Crippen molar-refractivity contribution in [2.75, 3.05) is 5.32 Å². The maximum Gasteiger partial charge on any atom is 0.328 e. The van der Waals surface area contributed by atoms with Crippen molar-refractivity contribution in [3.8, 4) is 0 Å². The number of rotatable bonds is 2. The molecule has 0 aliphatic rings. The van der Waals surface area contributed by atoms with Gasteiger partial charge in [-0.3, -0.25) is 25.2 Å². The number of carbonyl (C=O) groups is 3. The number of hydrogen-bond acceptors (Lipinski definition) is 3. The summed E-state index contributed by atoms with van der Waals surface area (Å²) in [4.78, 5) is 35.2. The van der Waals surface area contributed by atoms with Crippen LogP contribution in [0.3, 0.4) is 0 Å². The van der Waals surface area contributed by atoms with Gasteiger partial charge < -0.3 is 5.32 Å². The van der Waals surface area contributed by atoms with Gasteiger partial charge in [-0.1, -0.05) is 17.7 Å². The zero-order valence-electron chi connectivity index (χ0n) is 13.4. The zero-order chi connectivity index (χ0) is 18.6. The second-order valence-electron chi connectivity index (χ2n) is 5.31. The van der Waals surface area contributed by atoms with Crippen LogP contribution < -0.4 is 16.2 Å². The first kappa shape index (κ1) is 18.1. The smallest absolute Gasteiger partial charge is 0.318 e. The molecular weight excluding hydrogens is 332 g/mol. The van der Waals surface area contributed by atoms with Crippen LogP contribution >= 0.6 is 0 Å². The van der Waals surface area contributed by atoms with E-state index in [9.17, 15) is 23.2 Å². The van der Waals surface area contributed by atoms with E-state index in [1.165, 1.54) is 6.92 Å². The summed E-state index contributed by atoms with van der Waals surface area (Å²) < 4.78 is 26.8. The van der Waals surface area contributed by atoms with Gasteiger partial charge in [0.1, 0.15) is 11.6 Å². The minimum Gasteiger partial charge on any atom is -0.318 e. The molecule has 0 fully saturated rings. The predicted octanol–water partition coefficient (Wildman–Crippen LogP) is 1.98. The highest BCUT2D eigenvalue weighted by atomic mass is 19.1. The Morgan fingerprint density at radius 2 is 1.48 bits per heavy atom. The Balaban J connectivity index is 1.95. The van der Waals surface area contributed by atoms with Crippen molar-refractivity contribution in [2.24, 2.45) is 0 Å². The zero-order valence-corrected chi connectivity index (χ0v) is 13.4. The molecule has 2 aromatic rings. The van der Waals surface area contributed by atoms with E-state index >= 15 is 0 Å². The van der Waals surface area contributed by atoms with Gasteiger partial charge in [0.2, 0.25) is 0 Å². The van der Waals surface area contributed by atoms with Crippen molar-refractivity contribution in [1.29, 1.82) is 0 Å². The summed E-state index contributed by atoms with van der Waals surface area (Å²) in [5.41, 5.74) is 4.75. The fourth-order valence-corrected chi connectivity index (χ4v) is 1.89. The average Bonchev–Trinajstić information content (AvgIpc) is 2.57. The quantitative estimate of drug-likeness (QED) is 0.573. The van der Waals surface area contributed by atoms with E-state index in [-0.39, 0.29) is 5.56 Å². The third-order valence-electron chi connectivity index (χ3n) is 3.30. The summed E-state index contributed by atoms with van der Waals surface area (Å²) in [6, 6.07) is 8.27. The van der Waals surface area contributed by atoms with Crippen LogP contribution in [0.4, 0.5) is 14.5 Å². The van der Waals surface area contributed by atoms with Crippen LogP contribution in [0.2, 0.25) is 0 Å². The topological polar surface area (TPSA) is 87.3 Å². The molecule has 0 radical (unpaired) electrons. The third kappa shape index (κ3) is 4.60. The van der Waals surface area contributed by atoms with Crippen LogP contribution in [-0.4, -0.2) is 17.7 Å². The second kappa shape index (κ2) is 7.52. The molecule has 2 aromatic carbocycles. The molecule has 0 saturated carbocycles. The molecule has 0 aromatic heterocycles. The second-order valence-corrected chi connectivity index (χ2v) is 5.31. The van der Waals surface area contributed by atoms with Crippen LogP contribution in [-0.2, 0) is 9.59 Å². The van der Waals surface area contributed by atoms with Gasteiger partial charge in [-0.25, -0.2) is 8.78 Å². The van der Waals surface area contributed by atoms with Crippen LogP contribution in [0.15, 0.2) is 36.4 Å². The average molecular weight is 347 g/mol. The molecular formula is C17H15F2N3O3. The Morgan fingerprint density at radius 1 is 0.840 bits per heavy atom. The maximum absolute atomic E-state index is 13.6. The summed E-state index contributed by atoms with van der Waals surface area (Å²) in [6.07, 6.45) is 0. The lowest BCUT2D eigenvalue weighted by Gasteiger charge is -2.09. The van der Waals surface area contributed by atoms with Gasteiger partial charge in [0.15, 0.2) is 0 Å². The summed E-state index contributed by atoms with van der Waals surface area (Å²) in [5.74, 6) is -5.06. The lowest BCUT2D eigenvalue weighted by molar-refractivity contribution is -0.136. The number of hydrogen-bond donors (Lipinski definition) is 3. The molecule has 130 valence electrons. The number of nitrogens with one attached hydrogen (secondary N) is 3. The normalized spacial score (nSPS) is 10.1. The highest BCUT2D eigenvalue weighted by Crippen LogP contribution is 2.14. The molecule has 25 heavy (non-hydrogen) atoms. The molecule has 3 N–H and O–H groups in total. The first-order valence-electron chi connectivity index (χ1n) is 7.22. The molecule has 0 spiro atoms. The van der Waals surface area contributed by atoms with Crippen LogP contribution in [0.1, 0.15) is 21.5 Å². The van der Waals surface area contributed by atoms with Crippen molar-refractivity contribution < 1.29 is 23.2 Å². The molecule has 0 atom stereocenters. The van der Waals surface area contributed by atoms with Gasteiger partial charge in [-0.2, -0.15) is 0 Å². The van der Waals surface area contributed by atoms with Gasteiger partial charge in [0.25, 0.3) is 5.91 Å². The van der Waals surface area contributed by atoms with Gasteiger partial charge in [-0.15, -0.1) is 0 Å². The van der Waals surface area contributed by atoms with E-state index in [2.05, 4.69) is 5.32 Å². The number of aryl methyl sites for hydroxylation is 2. The summed E-state index contributed by atoms with van der Waals surface area (Å²) in [6.45, 7) is 3.23. The van der Waals surface area contributed by atoms with Gasteiger partial charge >= 0.3 is 11.8 Å². The van der Waals surface area contributed by atoms with E-state index in [0.29, 0.717) is 11.8 Å². The molecule has 0 aliphatic carbocycles. The lowest BCUT2D eigenvalue weighted by atomic mass is 10.1. The van der Waals surface area contributed by atoms with Crippen LogP contribution in [0, 0.1) is 25.5 Å². The molecule has 0 bridgehead atoms. The maximum atomic E-state index is 13.6. The molecule has 0 aliphatic heterocycles. The van der Waals surface area contributed by atoms with E-state index in [1.54, 1.807) is 24.3 Å². The van der Waals surface area contributed by atoms with E-state index < -0.39 is 34.9 Å². The van der Waals surface area contributed by atoms with Crippen LogP contribution in [0.25, 0.3) is 0 Å². The summed E-state index contributed by atoms with van der Waals surface area (Å²) in [5, 5.41) is 2.33. The monoisotopic (exact) mass is 347 g/mol. The number of anilines is 1.